The normalized spacial score (nSPS) is 16.4. The second kappa shape index (κ2) is 5.77. The number of aromatic nitrogens is 2. The maximum absolute atomic E-state index is 14.2. The summed E-state index contributed by atoms with van der Waals surface area (Å²) >= 11 is 0. The molecule has 0 fully saturated rings. The molecule has 1 aliphatic rings. The van der Waals surface area contributed by atoms with Crippen LogP contribution < -0.4 is 5.32 Å². The van der Waals surface area contributed by atoms with Crippen LogP contribution in [-0.2, 0) is 4.79 Å². The van der Waals surface area contributed by atoms with Crippen LogP contribution in [0.2, 0.25) is 0 Å². The van der Waals surface area contributed by atoms with Gasteiger partial charge in [0.1, 0.15) is 29.6 Å². The van der Waals surface area contributed by atoms with Crippen LogP contribution in [0.3, 0.4) is 0 Å². The molecule has 0 saturated heterocycles. The SMILES string of the molecule is O=C1C[C@@H](c2c(F)cccc2F)c2ncn(-c3cccc(F)c3)c2N1. The highest BCUT2D eigenvalue weighted by atomic mass is 19.1. The Bertz CT molecular complexity index is 963. The minimum atomic E-state index is -0.847. The lowest BCUT2D eigenvalue weighted by Crippen LogP contribution is -2.26. The predicted molar refractivity (Wildman–Crippen MR) is 85.0 cm³/mol. The Morgan fingerprint density at radius 3 is 2.52 bits per heavy atom. The zero-order chi connectivity index (χ0) is 17.6. The van der Waals surface area contributed by atoms with E-state index < -0.39 is 29.3 Å². The van der Waals surface area contributed by atoms with E-state index in [4.69, 9.17) is 0 Å². The van der Waals surface area contributed by atoms with E-state index in [0.717, 1.165) is 12.1 Å². The number of carbonyl (C=O) groups is 1. The molecule has 3 aromatic rings. The first-order chi connectivity index (χ1) is 12.0. The first-order valence-electron chi connectivity index (χ1n) is 7.61. The molecule has 1 aromatic heterocycles. The summed E-state index contributed by atoms with van der Waals surface area (Å²) in [7, 11) is 0. The van der Waals surface area contributed by atoms with Crippen LogP contribution in [0.4, 0.5) is 19.0 Å². The summed E-state index contributed by atoms with van der Waals surface area (Å²) in [5.74, 6) is -2.86. The minimum absolute atomic E-state index is 0.120. The molecular weight excluding hydrogens is 331 g/mol. The van der Waals surface area contributed by atoms with E-state index in [9.17, 15) is 18.0 Å². The lowest BCUT2D eigenvalue weighted by atomic mass is 9.89. The Labute approximate surface area is 140 Å². The molecular formula is C18H12F3N3O. The topological polar surface area (TPSA) is 46.9 Å². The zero-order valence-electron chi connectivity index (χ0n) is 12.8. The maximum Gasteiger partial charge on any atom is 0.226 e. The van der Waals surface area contributed by atoms with Gasteiger partial charge in [0, 0.05) is 17.9 Å². The number of nitrogens with one attached hydrogen (secondary N) is 1. The largest absolute Gasteiger partial charge is 0.310 e. The number of carbonyl (C=O) groups excluding carboxylic acids is 1. The average Bonchev–Trinajstić information content (AvgIpc) is 2.98. The third kappa shape index (κ3) is 2.57. The van der Waals surface area contributed by atoms with Crippen LogP contribution in [0.1, 0.15) is 23.6 Å². The van der Waals surface area contributed by atoms with Gasteiger partial charge in [-0.25, -0.2) is 18.2 Å². The number of rotatable bonds is 2. The second-order valence-corrected chi connectivity index (χ2v) is 5.77. The van der Waals surface area contributed by atoms with E-state index in [1.165, 1.54) is 35.2 Å². The molecule has 0 bridgehead atoms. The number of amides is 1. The smallest absolute Gasteiger partial charge is 0.226 e. The number of imidazole rings is 1. The lowest BCUT2D eigenvalue weighted by Gasteiger charge is -2.24. The summed E-state index contributed by atoms with van der Waals surface area (Å²) in [6, 6.07) is 9.30. The molecule has 126 valence electrons. The van der Waals surface area contributed by atoms with Gasteiger partial charge in [-0.05, 0) is 30.3 Å². The third-order valence-corrected chi connectivity index (χ3v) is 4.21. The van der Waals surface area contributed by atoms with Crippen molar-refractivity contribution in [3.05, 3.63) is 77.5 Å². The molecule has 2 aromatic carbocycles. The Balaban J connectivity index is 1.88. The van der Waals surface area contributed by atoms with E-state index in [1.54, 1.807) is 6.07 Å². The van der Waals surface area contributed by atoms with Crippen molar-refractivity contribution in [1.29, 1.82) is 0 Å². The summed E-state index contributed by atoms with van der Waals surface area (Å²) in [6.07, 6.45) is 1.28. The average molecular weight is 343 g/mol. The Kier molecular flexibility index (Phi) is 3.56. The molecule has 0 radical (unpaired) electrons. The molecule has 1 aliphatic heterocycles. The van der Waals surface area contributed by atoms with Crippen molar-refractivity contribution >= 4 is 11.7 Å². The number of hydrogen-bond acceptors (Lipinski definition) is 2. The van der Waals surface area contributed by atoms with Crippen molar-refractivity contribution in [1.82, 2.24) is 9.55 Å². The van der Waals surface area contributed by atoms with Gasteiger partial charge in [0.15, 0.2) is 0 Å². The number of hydrogen-bond donors (Lipinski definition) is 1. The first kappa shape index (κ1) is 15.4. The van der Waals surface area contributed by atoms with Crippen molar-refractivity contribution in [2.75, 3.05) is 5.32 Å². The van der Waals surface area contributed by atoms with Gasteiger partial charge in [-0.15, -0.1) is 0 Å². The van der Waals surface area contributed by atoms with Crippen LogP contribution in [0.15, 0.2) is 48.8 Å². The van der Waals surface area contributed by atoms with Crippen molar-refractivity contribution in [2.24, 2.45) is 0 Å². The fourth-order valence-corrected chi connectivity index (χ4v) is 3.11. The molecule has 0 saturated carbocycles. The monoisotopic (exact) mass is 343 g/mol. The van der Waals surface area contributed by atoms with Crippen LogP contribution in [-0.4, -0.2) is 15.5 Å². The summed E-state index contributed by atoms with van der Waals surface area (Å²) < 4.78 is 43.3. The lowest BCUT2D eigenvalue weighted by molar-refractivity contribution is -0.116. The van der Waals surface area contributed by atoms with Crippen LogP contribution in [0.25, 0.3) is 5.69 Å². The van der Waals surface area contributed by atoms with Crippen LogP contribution in [0.5, 0.6) is 0 Å². The number of benzene rings is 2. The van der Waals surface area contributed by atoms with Gasteiger partial charge in [0.05, 0.1) is 11.4 Å². The Morgan fingerprint density at radius 2 is 1.80 bits per heavy atom. The molecule has 1 atom stereocenters. The summed E-state index contributed by atoms with van der Waals surface area (Å²) in [4.78, 5) is 16.3. The summed E-state index contributed by atoms with van der Waals surface area (Å²) in [6.45, 7) is 0. The highest BCUT2D eigenvalue weighted by Crippen LogP contribution is 2.39. The predicted octanol–water partition coefficient (Wildman–Crippen LogP) is 3.76. The van der Waals surface area contributed by atoms with E-state index in [-0.39, 0.29) is 17.8 Å². The van der Waals surface area contributed by atoms with Gasteiger partial charge in [-0.2, -0.15) is 0 Å². The van der Waals surface area contributed by atoms with Crippen molar-refractivity contribution in [3.63, 3.8) is 0 Å². The maximum atomic E-state index is 14.2. The number of halogens is 3. The minimum Gasteiger partial charge on any atom is -0.310 e. The quantitative estimate of drug-likeness (QED) is 0.770. The van der Waals surface area contributed by atoms with Gasteiger partial charge in [0.2, 0.25) is 5.91 Å². The third-order valence-electron chi connectivity index (χ3n) is 4.21. The van der Waals surface area contributed by atoms with E-state index in [2.05, 4.69) is 10.3 Å². The van der Waals surface area contributed by atoms with Gasteiger partial charge >= 0.3 is 0 Å². The van der Waals surface area contributed by atoms with Crippen LogP contribution >= 0.6 is 0 Å². The summed E-state index contributed by atoms with van der Waals surface area (Å²) in [5, 5.41) is 2.66. The molecule has 1 amide bonds. The fraction of sp³-hybridized carbons (Fsp3) is 0.111. The highest BCUT2D eigenvalue weighted by molar-refractivity contribution is 5.94. The van der Waals surface area contributed by atoms with E-state index in [0.29, 0.717) is 11.4 Å². The van der Waals surface area contributed by atoms with Gasteiger partial charge < -0.3 is 5.32 Å². The molecule has 1 N–H and O–H groups in total. The molecule has 4 nitrogen and oxygen atoms in total. The molecule has 0 spiro atoms. The van der Waals surface area contributed by atoms with Gasteiger partial charge in [-0.1, -0.05) is 12.1 Å². The van der Waals surface area contributed by atoms with Crippen molar-refractivity contribution < 1.29 is 18.0 Å². The zero-order valence-corrected chi connectivity index (χ0v) is 12.8. The first-order valence-corrected chi connectivity index (χ1v) is 7.61. The van der Waals surface area contributed by atoms with E-state index in [1.807, 2.05) is 0 Å². The molecule has 4 rings (SSSR count). The van der Waals surface area contributed by atoms with Gasteiger partial charge in [0.25, 0.3) is 0 Å². The molecule has 25 heavy (non-hydrogen) atoms. The van der Waals surface area contributed by atoms with Crippen LogP contribution in [0, 0.1) is 17.5 Å². The molecule has 7 heteroatoms. The fourth-order valence-electron chi connectivity index (χ4n) is 3.11. The molecule has 0 aliphatic carbocycles. The molecule has 2 heterocycles. The second-order valence-electron chi connectivity index (χ2n) is 5.77. The van der Waals surface area contributed by atoms with Gasteiger partial charge in [-0.3, -0.25) is 9.36 Å². The Hall–Kier alpha value is -3.09. The van der Waals surface area contributed by atoms with Crippen molar-refractivity contribution in [2.45, 2.75) is 12.3 Å². The summed E-state index contributed by atoms with van der Waals surface area (Å²) in [5.41, 5.74) is 0.597. The number of anilines is 1. The standard InChI is InChI=1S/C18H12F3N3O/c19-10-3-1-4-11(7-10)24-9-22-17-12(8-15(25)23-18(17)24)16-13(20)5-2-6-14(16)21/h1-7,9,12H,8H2,(H,23,25)/t12-/m0/s1. The Morgan fingerprint density at radius 1 is 1.08 bits per heavy atom. The number of nitrogens with zero attached hydrogens (tertiary/aromatic N) is 2. The van der Waals surface area contributed by atoms with Crippen molar-refractivity contribution in [3.8, 4) is 5.69 Å². The highest BCUT2D eigenvalue weighted by Gasteiger charge is 2.34. The molecule has 0 unspecified atom stereocenters. The van der Waals surface area contributed by atoms with E-state index >= 15 is 0 Å². The number of fused-ring (bicyclic) bond motifs is 1.